The molecular weight excluding hydrogens is 424 g/mol. The van der Waals surface area contributed by atoms with Crippen LogP contribution >= 0.6 is 0 Å². The van der Waals surface area contributed by atoms with Gasteiger partial charge >= 0.3 is 10.4 Å². The molecule has 11 nitrogen and oxygen atoms in total. The lowest BCUT2D eigenvalue weighted by Gasteiger charge is -2.02. The van der Waals surface area contributed by atoms with Crippen LogP contribution in [0.5, 0.6) is 0 Å². The Kier molecular flexibility index (Phi) is 8.91. The number of anilines is 1. The standard InChI is InChI=1S/C19H16N6O.H2O4S/c26-19(25-23-14-18-6-2-4-12-21-18)15-7-9-16(10-8-15)24-22-13-17-5-1-3-11-20-17;1-5(2,3)4/h1-14,24H,(H,25,26);(H2,1,2,3,4). The first kappa shape index (κ1) is 23.3. The predicted octanol–water partition coefficient (Wildman–Crippen LogP) is 2.03. The van der Waals surface area contributed by atoms with Gasteiger partial charge in [0.2, 0.25) is 0 Å². The molecule has 0 saturated carbocycles. The van der Waals surface area contributed by atoms with Crippen LogP contribution in [0.3, 0.4) is 0 Å². The molecule has 3 rings (SSSR count). The highest BCUT2D eigenvalue weighted by atomic mass is 32.3. The molecule has 0 bridgehead atoms. The van der Waals surface area contributed by atoms with Crippen LogP contribution in [0.15, 0.2) is 83.3 Å². The van der Waals surface area contributed by atoms with Crippen molar-refractivity contribution in [2.75, 3.05) is 5.43 Å². The number of benzene rings is 1. The van der Waals surface area contributed by atoms with Crippen LogP contribution in [-0.2, 0) is 10.4 Å². The van der Waals surface area contributed by atoms with Gasteiger partial charge < -0.3 is 0 Å². The summed E-state index contributed by atoms with van der Waals surface area (Å²) in [7, 11) is -4.67. The molecule has 0 radical (unpaired) electrons. The van der Waals surface area contributed by atoms with E-state index < -0.39 is 10.4 Å². The number of carbonyl (C=O) groups is 1. The maximum Gasteiger partial charge on any atom is 0.394 e. The lowest BCUT2D eigenvalue weighted by molar-refractivity contribution is 0.0955. The van der Waals surface area contributed by atoms with Gasteiger partial charge in [-0.25, -0.2) is 5.43 Å². The fourth-order valence-corrected chi connectivity index (χ4v) is 2.00. The molecule has 2 heterocycles. The zero-order valence-electron chi connectivity index (χ0n) is 15.9. The molecule has 31 heavy (non-hydrogen) atoms. The summed E-state index contributed by atoms with van der Waals surface area (Å²) in [6.07, 6.45) is 6.46. The van der Waals surface area contributed by atoms with E-state index in [1.165, 1.54) is 6.21 Å². The lowest BCUT2D eigenvalue weighted by Crippen LogP contribution is -2.17. The highest BCUT2D eigenvalue weighted by molar-refractivity contribution is 7.79. The van der Waals surface area contributed by atoms with Crippen molar-refractivity contribution in [3.05, 3.63) is 90.0 Å². The molecule has 1 amide bonds. The number of amides is 1. The van der Waals surface area contributed by atoms with Gasteiger partial charge in [0.1, 0.15) is 0 Å². The number of hydrazone groups is 2. The van der Waals surface area contributed by atoms with E-state index in [-0.39, 0.29) is 5.91 Å². The van der Waals surface area contributed by atoms with Crippen LogP contribution in [-0.4, -0.2) is 45.8 Å². The number of hydrogen-bond acceptors (Lipinski definition) is 8. The van der Waals surface area contributed by atoms with Crippen molar-refractivity contribution < 1.29 is 22.3 Å². The molecule has 12 heteroatoms. The zero-order valence-corrected chi connectivity index (χ0v) is 16.7. The molecule has 0 fully saturated rings. The monoisotopic (exact) mass is 442 g/mol. The van der Waals surface area contributed by atoms with Gasteiger partial charge in [0.05, 0.1) is 29.5 Å². The van der Waals surface area contributed by atoms with E-state index in [0.29, 0.717) is 11.3 Å². The van der Waals surface area contributed by atoms with Crippen molar-refractivity contribution in [1.29, 1.82) is 0 Å². The molecule has 0 aliphatic rings. The second-order valence-corrected chi connectivity index (χ2v) is 6.50. The molecule has 3 aromatic rings. The van der Waals surface area contributed by atoms with Gasteiger partial charge in [-0.15, -0.1) is 0 Å². The Labute approximate surface area is 178 Å². The largest absolute Gasteiger partial charge is 0.394 e. The Morgan fingerprint density at radius 2 is 1.35 bits per heavy atom. The molecule has 0 spiro atoms. The van der Waals surface area contributed by atoms with Crippen LogP contribution in [0.4, 0.5) is 5.69 Å². The first-order valence-electron chi connectivity index (χ1n) is 8.56. The molecule has 0 aliphatic heterocycles. The second-order valence-electron chi connectivity index (χ2n) is 5.60. The van der Waals surface area contributed by atoms with Crippen molar-refractivity contribution in [1.82, 2.24) is 15.4 Å². The van der Waals surface area contributed by atoms with Crippen LogP contribution in [0.2, 0.25) is 0 Å². The summed E-state index contributed by atoms with van der Waals surface area (Å²) in [4.78, 5) is 20.3. The number of carbonyl (C=O) groups excluding carboxylic acids is 1. The van der Waals surface area contributed by atoms with Gasteiger partial charge in [0.15, 0.2) is 0 Å². The predicted molar refractivity (Wildman–Crippen MR) is 115 cm³/mol. The Bertz CT molecular complexity index is 1110. The number of rotatable bonds is 6. The average Bonchev–Trinajstić information content (AvgIpc) is 2.74. The average molecular weight is 442 g/mol. The molecule has 0 unspecified atom stereocenters. The number of nitrogens with one attached hydrogen (secondary N) is 2. The highest BCUT2D eigenvalue weighted by Gasteiger charge is 2.03. The first-order chi connectivity index (χ1) is 14.8. The number of hydrogen-bond donors (Lipinski definition) is 4. The van der Waals surface area contributed by atoms with Crippen LogP contribution in [0, 0.1) is 0 Å². The van der Waals surface area contributed by atoms with E-state index >= 15 is 0 Å². The summed E-state index contributed by atoms with van der Waals surface area (Å²) in [6.45, 7) is 0. The fraction of sp³-hybridized carbons (Fsp3) is 0. The van der Waals surface area contributed by atoms with Crippen LogP contribution in [0.25, 0.3) is 0 Å². The maximum atomic E-state index is 12.0. The molecule has 0 aliphatic carbocycles. The summed E-state index contributed by atoms with van der Waals surface area (Å²) in [5, 5.41) is 7.99. The summed E-state index contributed by atoms with van der Waals surface area (Å²) < 4.78 is 31.6. The van der Waals surface area contributed by atoms with E-state index in [2.05, 4.69) is 31.0 Å². The summed E-state index contributed by atoms with van der Waals surface area (Å²) >= 11 is 0. The quantitative estimate of drug-likeness (QED) is 0.256. The molecule has 2 aromatic heterocycles. The number of aromatic nitrogens is 2. The third kappa shape index (κ3) is 10.4. The van der Waals surface area contributed by atoms with Gasteiger partial charge in [-0.1, -0.05) is 12.1 Å². The fourth-order valence-electron chi connectivity index (χ4n) is 2.00. The summed E-state index contributed by atoms with van der Waals surface area (Å²) in [5.41, 5.74) is 8.01. The van der Waals surface area contributed by atoms with E-state index in [0.717, 1.165) is 11.4 Å². The molecule has 4 N–H and O–H groups in total. The van der Waals surface area contributed by atoms with Crippen LogP contribution in [0.1, 0.15) is 21.7 Å². The van der Waals surface area contributed by atoms with E-state index in [4.69, 9.17) is 17.5 Å². The van der Waals surface area contributed by atoms with Gasteiger partial charge in [-0.2, -0.15) is 18.6 Å². The Morgan fingerprint density at radius 3 is 1.84 bits per heavy atom. The van der Waals surface area contributed by atoms with Gasteiger partial charge in [0, 0.05) is 18.0 Å². The normalized spacial score (nSPS) is 11.0. The SMILES string of the molecule is O=C(NN=Cc1ccccn1)c1ccc(NN=Cc2ccccn2)cc1.O=S(=O)(O)O. The Morgan fingerprint density at radius 1 is 0.839 bits per heavy atom. The Balaban J connectivity index is 0.000000614. The topological polar surface area (TPSA) is 166 Å². The van der Waals surface area contributed by atoms with E-state index in [1.807, 2.05) is 30.3 Å². The van der Waals surface area contributed by atoms with Crippen molar-refractivity contribution in [3.8, 4) is 0 Å². The minimum absolute atomic E-state index is 0.305. The van der Waals surface area contributed by atoms with E-state index in [9.17, 15) is 4.79 Å². The maximum absolute atomic E-state index is 12.0. The molecular formula is C19H18N6O5S. The van der Waals surface area contributed by atoms with E-state index in [1.54, 1.807) is 48.9 Å². The summed E-state index contributed by atoms with van der Waals surface area (Å²) in [6, 6.07) is 17.9. The summed E-state index contributed by atoms with van der Waals surface area (Å²) in [5.74, 6) is -0.305. The zero-order chi connectivity index (χ0) is 22.5. The Hall–Kier alpha value is -4.00. The second kappa shape index (κ2) is 11.9. The van der Waals surface area contributed by atoms with Crippen molar-refractivity contribution >= 4 is 34.4 Å². The minimum atomic E-state index is -4.67. The molecule has 160 valence electrons. The van der Waals surface area contributed by atoms with Crippen molar-refractivity contribution in [2.24, 2.45) is 10.2 Å². The first-order valence-corrected chi connectivity index (χ1v) is 9.95. The van der Waals surface area contributed by atoms with Gasteiger partial charge in [-0.05, 0) is 48.5 Å². The van der Waals surface area contributed by atoms with Gasteiger partial charge in [-0.3, -0.25) is 29.3 Å². The third-order valence-corrected chi connectivity index (χ3v) is 3.28. The van der Waals surface area contributed by atoms with Gasteiger partial charge in [0.25, 0.3) is 5.91 Å². The number of pyridine rings is 2. The van der Waals surface area contributed by atoms with Crippen LogP contribution < -0.4 is 10.9 Å². The smallest absolute Gasteiger partial charge is 0.278 e. The van der Waals surface area contributed by atoms with Crippen molar-refractivity contribution in [3.63, 3.8) is 0 Å². The number of nitrogens with zero attached hydrogens (tertiary/aromatic N) is 4. The minimum Gasteiger partial charge on any atom is -0.278 e. The lowest BCUT2D eigenvalue weighted by atomic mass is 10.2. The highest BCUT2D eigenvalue weighted by Crippen LogP contribution is 2.09. The molecule has 0 saturated heterocycles. The van der Waals surface area contributed by atoms with Crippen molar-refractivity contribution in [2.45, 2.75) is 0 Å². The molecule has 0 atom stereocenters. The molecule has 1 aromatic carbocycles. The third-order valence-electron chi connectivity index (χ3n) is 3.28.